The molecule has 0 aromatic carbocycles. The lowest BCUT2D eigenvalue weighted by molar-refractivity contribution is 0.0696. The SMILES string of the molecule is O=C(O)c1nc(CNCCc2ccco2)cs1. The van der Waals surface area contributed by atoms with E-state index in [1.54, 1.807) is 11.6 Å². The number of carboxylic acid groups (broad SMARTS) is 1. The fourth-order valence-electron chi connectivity index (χ4n) is 1.37. The number of rotatable bonds is 6. The van der Waals surface area contributed by atoms with Crippen molar-refractivity contribution in [2.45, 2.75) is 13.0 Å². The number of aromatic carboxylic acids is 1. The zero-order valence-electron chi connectivity index (χ0n) is 9.05. The van der Waals surface area contributed by atoms with E-state index >= 15 is 0 Å². The van der Waals surface area contributed by atoms with Gasteiger partial charge in [0.05, 0.1) is 12.0 Å². The molecule has 17 heavy (non-hydrogen) atoms. The van der Waals surface area contributed by atoms with E-state index in [-0.39, 0.29) is 5.01 Å². The number of hydrogen-bond donors (Lipinski definition) is 2. The highest BCUT2D eigenvalue weighted by Gasteiger charge is 2.08. The monoisotopic (exact) mass is 252 g/mol. The molecule has 2 aromatic rings. The smallest absolute Gasteiger partial charge is 0.365 e. The molecule has 0 amide bonds. The van der Waals surface area contributed by atoms with Gasteiger partial charge in [-0.3, -0.25) is 0 Å². The van der Waals surface area contributed by atoms with Crippen LogP contribution in [-0.4, -0.2) is 22.6 Å². The van der Waals surface area contributed by atoms with E-state index in [1.807, 2.05) is 12.1 Å². The van der Waals surface area contributed by atoms with Gasteiger partial charge in [0, 0.05) is 24.9 Å². The van der Waals surface area contributed by atoms with Gasteiger partial charge in [-0.25, -0.2) is 9.78 Å². The first-order chi connectivity index (χ1) is 8.25. The molecule has 0 aliphatic heterocycles. The van der Waals surface area contributed by atoms with E-state index in [9.17, 15) is 4.79 Å². The molecule has 90 valence electrons. The molecule has 5 nitrogen and oxygen atoms in total. The fraction of sp³-hybridized carbons (Fsp3) is 0.273. The van der Waals surface area contributed by atoms with Crippen molar-refractivity contribution in [3.8, 4) is 0 Å². The topological polar surface area (TPSA) is 75.4 Å². The van der Waals surface area contributed by atoms with Crippen LogP contribution in [0, 0.1) is 0 Å². The number of furan rings is 1. The minimum atomic E-state index is -0.975. The summed E-state index contributed by atoms with van der Waals surface area (Å²) in [6, 6.07) is 3.78. The number of carboxylic acids is 1. The summed E-state index contributed by atoms with van der Waals surface area (Å²) in [5.74, 6) is -0.0427. The fourth-order valence-corrected chi connectivity index (χ4v) is 2.02. The zero-order chi connectivity index (χ0) is 12.1. The van der Waals surface area contributed by atoms with Crippen molar-refractivity contribution in [2.24, 2.45) is 0 Å². The molecule has 0 aliphatic rings. The summed E-state index contributed by atoms with van der Waals surface area (Å²) < 4.78 is 5.19. The van der Waals surface area contributed by atoms with Crippen molar-refractivity contribution in [1.82, 2.24) is 10.3 Å². The Bertz CT molecular complexity index is 479. The van der Waals surface area contributed by atoms with Crippen molar-refractivity contribution >= 4 is 17.3 Å². The maximum absolute atomic E-state index is 10.6. The number of carbonyl (C=O) groups is 1. The standard InChI is InChI=1S/C11H12N2O3S/c14-11(15)10-13-8(7-17-10)6-12-4-3-9-2-1-5-16-9/h1-2,5,7,12H,3-4,6H2,(H,14,15). The molecule has 6 heteroatoms. The summed E-state index contributed by atoms with van der Waals surface area (Å²) in [4.78, 5) is 14.6. The van der Waals surface area contributed by atoms with Crippen LogP contribution < -0.4 is 5.32 Å². The van der Waals surface area contributed by atoms with Crippen molar-refractivity contribution in [1.29, 1.82) is 0 Å². The van der Waals surface area contributed by atoms with Crippen molar-refractivity contribution in [2.75, 3.05) is 6.54 Å². The van der Waals surface area contributed by atoms with Gasteiger partial charge in [0.15, 0.2) is 0 Å². The van der Waals surface area contributed by atoms with Crippen molar-refractivity contribution < 1.29 is 14.3 Å². The third-order valence-corrected chi connectivity index (χ3v) is 3.05. The van der Waals surface area contributed by atoms with Gasteiger partial charge in [-0.05, 0) is 12.1 Å². The molecule has 0 aliphatic carbocycles. The Balaban J connectivity index is 1.72. The van der Waals surface area contributed by atoms with Crippen LogP contribution in [0.4, 0.5) is 0 Å². The third kappa shape index (κ3) is 3.40. The van der Waals surface area contributed by atoms with Crippen LogP contribution in [0.1, 0.15) is 21.3 Å². The van der Waals surface area contributed by atoms with Crippen LogP contribution in [0.3, 0.4) is 0 Å². The summed E-state index contributed by atoms with van der Waals surface area (Å²) in [7, 11) is 0. The van der Waals surface area contributed by atoms with E-state index < -0.39 is 5.97 Å². The molecule has 2 rings (SSSR count). The molecule has 0 atom stereocenters. The maximum Gasteiger partial charge on any atom is 0.365 e. The Hall–Kier alpha value is -1.66. The average Bonchev–Trinajstić information content (AvgIpc) is 2.96. The predicted molar refractivity (Wildman–Crippen MR) is 63.2 cm³/mol. The van der Waals surface area contributed by atoms with E-state index in [1.165, 1.54) is 0 Å². The van der Waals surface area contributed by atoms with E-state index in [2.05, 4.69) is 10.3 Å². The van der Waals surface area contributed by atoms with Crippen molar-refractivity contribution in [3.63, 3.8) is 0 Å². The Morgan fingerprint density at radius 3 is 3.12 bits per heavy atom. The predicted octanol–water partition coefficient (Wildman–Crippen LogP) is 1.77. The summed E-state index contributed by atoms with van der Waals surface area (Å²) in [6.07, 6.45) is 2.46. The Morgan fingerprint density at radius 1 is 1.59 bits per heavy atom. The Kier molecular flexibility index (Phi) is 3.89. The highest BCUT2D eigenvalue weighted by molar-refractivity contribution is 7.11. The number of aromatic nitrogens is 1. The van der Waals surface area contributed by atoms with Gasteiger partial charge < -0.3 is 14.8 Å². The van der Waals surface area contributed by atoms with Gasteiger partial charge in [-0.15, -0.1) is 11.3 Å². The van der Waals surface area contributed by atoms with E-state index in [4.69, 9.17) is 9.52 Å². The normalized spacial score (nSPS) is 10.6. The second-order valence-electron chi connectivity index (χ2n) is 3.46. The quantitative estimate of drug-likeness (QED) is 0.766. The van der Waals surface area contributed by atoms with Gasteiger partial charge >= 0.3 is 5.97 Å². The van der Waals surface area contributed by atoms with Gasteiger partial charge in [-0.2, -0.15) is 0 Å². The number of thiazole rings is 1. The van der Waals surface area contributed by atoms with E-state index in [0.717, 1.165) is 35.8 Å². The lowest BCUT2D eigenvalue weighted by atomic mass is 10.3. The van der Waals surface area contributed by atoms with Crippen LogP contribution in [0.2, 0.25) is 0 Å². The number of nitrogens with zero attached hydrogens (tertiary/aromatic N) is 1. The van der Waals surface area contributed by atoms with Gasteiger partial charge in [-0.1, -0.05) is 0 Å². The first kappa shape index (κ1) is 11.8. The van der Waals surface area contributed by atoms with Gasteiger partial charge in [0.25, 0.3) is 0 Å². The average molecular weight is 252 g/mol. The number of hydrogen-bond acceptors (Lipinski definition) is 5. The summed E-state index contributed by atoms with van der Waals surface area (Å²) in [5.41, 5.74) is 0.756. The Morgan fingerprint density at radius 2 is 2.47 bits per heavy atom. The van der Waals surface area contributed by atoms with Crippen LogP contribution in [0.15, 0.2) is 28.2 Å². The first-order valence-electron chi connectivity index (χ1n) is 5.16. The van der Waals surface area contributed by atoms with Gasteiger partial charge in [0.2, 0.25) is 5.01 Å². The second-order valence-corrected chi connectivity index (χ2v) is 4.31. The lowest BCUT2D eigenvalue weighted by Crippen LogP contribution is -2.16. The van der Waals surface area contributed by atoms with Gasteiger partial charge in [0.1, 0.15) is 5.76 Å². The summed E-state index contributed by atoms with van der Waals surface area (Å²) in [5, 5.41) is 13.8. The molecule has 2 N–H and O–H groups in total. The molecule has 2 aromatic heterocycles. The molecule has 0 bridgehead atoms. The molecule has 2 heterocycles. The molecule has 0 spiro atoms. The van der Waals surface area contributed by atoms with Crippen LogP contribution in [-0.2, 0) is 13.0 Å². The molecule has 0 fully saturated rings. The Labute approximate surface area is 102 Å². The van der Waals surface area contributed by atoms with Crippen LogP contribution in [0.5, 0.6) is 0 Å². The molecular formula is C11H12N2O3S. The van der Waals surface area contributed by atoms with E-state index in [0.29, 0.717) is 6.54 Å². The largest absolute Gasteiger partial charge is 0.476 e. The lowest BCUT2D eigenvalue weighted by Gasteiger charge is -2.00. The molecule has 0 unspecified atom stereocenters. The minimum absolute atomic E-state index is 0.132. The summed E-state index contributed by atoms with van der Waals surface area (Å²) in [6.45, 7) is 1.35. The minimum Gasteiger partial charge on any atom is -0.476 e. The van der Waals surface area contributed by atoms with Crippen molar-refractivity contribution in [3.05, 3.63) is 40.2 Å². The van der Waals surface area contributed by atoms with Crippen LogP contribution >= 0.6 is 11.3 Å². The molecule has 0 saturated heterocycles. The summed E-state index contributed by atoms with van der Waals surface area (Å²) >= 11 is 1.14. The first-order valence-corrected chi connectivity index (χ1v) is 6.04. The maximum atomic E-state index is 10.6. The molecule has 0 saturated carbocycles. The molecule has 0 radical (unpaired) electrons. The highest BCUT2D eigenvalue weighted by Crippen LogP contribution is 2.09. The highest BCUT2D eigenvalue weighted by atomic mass is 32.1. The second kappa shape index (κ2) is 5.60. The van der Waals surface area contributed by atoms with Crippen LogP contribution in [0.25, 0.3) is 0 Å². The zero-order valence-corrected chi connectivity index (χ0v) is 9.87. The third-order valence-electron chi connectivity index (χ3n) is 2.17. The number of nitrogens with one attached hydrogen (secondary N) is 1. The molecular weight excluding hydrogens is 240 g/mol.